The fourth-order valence-corrected chi connectivity index (χ4v) is 4.81. The zero-order chi connectivity index (χ0) is 23.3. The lowest BCUT2D eigenvalue weighted by Crippen LogP contribution is -2.30. The van der Waals surface area contributed by atoms with E-state index in [9.17, 15) is 13.2 Å². The Kier molecular flexibility index (Phi) is 7.76. The SMILES string of the molecule is COc1cccc(N2C(=O)/C(=C/c3ccc(C(C)C)cc3)N=C2SCCCS(N)(=O)=O)c1. The summed E-state index contributed by atoms with van der Waals surface area (Å²) in [5, 5.41) is 5.57. The number of primary sulfonamides is 1. The molecule has 0 saturated carbocycles. The van der Waals surface area contributed by atoms with E-state index in [1.807, 2.05) is 24.3 Å². The number of sulfonamides is 1. The van der Waals surface area contributed by atoms with Gasteiger partial charge >= 0.3 is 0 Å². The lowest BCUT2D eigenvalue weighted by atomic mass is 10.0. The highest BCUT2D eigenvalue weighted by atomic mass is 32.2. The summed E-state index contributed by atoms with van der Waals surface area (Å²) < 4.78 is 27.7. The predicted molar refractivity (Wildman–Crippen MR) is 131 cm³/mol. The van der Waals surface area contributed by atoms with Gasteiger partial charge in [-0.1, -0.05) is 55.9 Å². The van der Waals surface area contributed by atoms with Crippen LogP contribution in [0.4, 0.5) is 5.69 Å². The number of carbonyl (C=O) groups is 1. The van der Waals surface area contributed by atoms with Crippen LogP contribution in [-0.2, 0) is 14.8 Å². The molecule has 0 fully saturated rings. The highest BCUT2D eigenvalue weighted by Crippen LogP contribution is 2.31. The molecule has 2 aromatic carbocycles. The maximum atomic E-state index is 13.3. The zero-order valence-corrected chi connectivity index (χ0v) is 19.9. The fourth-order valence-electron chi connectivity index (χ4n) is 3.13. The molecule has 3 rings (SSSR count). The normalized spacial score (nSPS) is 15.5. The molecule has 0 spiro atoms. The molecule has 0 aliphatic carbocycles. The van der Waals surface area contributed by atoms with Gasteiger partial charge in [-0.2, -0.15) is 0 Å². The Morgan fingerprint density at radius 1 is 1.19 bits per heavy atom. The van der Waals surface area contributed by atoms with Crippen molar-refractivity contribution in [3.05, 3.63) is 65.4 Å². The van der Waals surface area contributed by atoms with Crippen LogP contribution in [0, 0.1) is 0 Å². The molecule has 1 aliphatic rings. The van der Waals surface area contributed by atoms with Crippen LogP contribution in [0.25, 0.3) is 6.08 Å². The van der Waals surface area contributed by atoms with Crippen molar-refractivity contribution in [3.8, 4) is 5.75 Å². The van der Waals surface area contributed by atoms with E-state index < -0.39 is 10.0 Å². The standard InChI is InChI=1S/C23H27N3O4S2/c1-16(2)18-10-8-17(9-11-18)14-21-22(27)26(19-6-4-7-20(15-19)30-3)23(25-21)31-12-5-13-32(24,28)29/h4,6-11,14-16H,5,12-13H2,1-3H3,(H2,24,28,29)/b21-14-. The monoisotopic (exact) mass is 473 g/mol. The predicted octanol–water partition coefficient (Wildman–Crippen LogP) is 3.97. The number of ether oxygens (including phenoxy) is 1. The third kappa shape index (κ3) is 6.21. The zero-order valence-electron chi connectivity index (χ0n) is 18.3. The summed E-state index contributed by atoms with van der Waals surface area (Å²) >= 11 is 1.32. The van der Waals surface area contributed by atoms with Crippen molar-refractivity contribution in [1.29, 1.82) is 0 Å². The first-order valence-corrected chi connectivity index (χ1v) is 12.9. The lowest BCUT2D eigenvalue weighted by molar-refractivity contribution is -0.113. The molecule has 0 aromatic heterocycles. The summed E-state index contributed by atoms with van der Waals surface area (Å²) in [4.78, 5) is 19.4. The summed E-state index contributed by atoms with van der Waals surface area (Å²) in [7, 11) is -1.96. The first kappa shape index (κ1) is 24.0. The van der Waals surface area contributed by atoms with E-state index in [1.165, 1.54) is 22.2 Å². The van der Waals surface area contributed by atoms with Gasteiger partial charge in [-0.25, -0.2) is 18.5 Å². The second-order valence-electron chi connectivity index (χ2n) is 7.66. The Bertz CT molecular complexity index is 1140. The van der Waals surface area contributed by atoms with Crippen LogP contribution in [0.1, 0.15) is 37.3 Å². The lowest BCUT2D eigenvalue weighted by Gasteiger charge is -2.18. The number of hydrogen-bond donors (Lipinski definition) is 1. The Morgan fingerprint density at radius 2 is 1.91 bits per heavy atom. The van der Waals surface area contributed by atoms with Crippen molar-refractivity contribution >= 4 is 44.6 Å². The molecule has 0 bridgehead atoms. The highest BCUT2D eigenvalue weighted by Gasteiger charge is 2.32. The van der Waals surface area contributed by atoms with Crippen LogP contribution < -0.4 is 14.8 Å². The number of nitrogens with two attached hydrogens (primary N) is 1. The fraction of sp³-hybridized carbons (Fsp3) is 0.304. The van der Waals surface area contributed by atoms with Gasteiger partial charge in [0.05, 0.1) is 18.6 Å². The van der Waals surface area contributed by atoms with Crippen molar-refractivity contribution < 1.29 is 17.9 Å². The van der Waals surface area contributed by atoms with E-state index in [0.29, 0.717) is 40.4 Å². The Labute approximate surface area is 193 Å². The number of thioether (sulfide) groups is 1. The largest absolute Gasteiger partial charge is 0.497 e. The molecule has 1 amide bonds. The molecular weight excluding hydrogens is 446 g/mol. The Balaban J connectivity index is 1.89. The third-order valence-corrected chi connectivity index (χ3v) is 6.73. The van der Waals surface area contributed by atoms with Crippen molar-refractivity contribution in [1.82, 2.24) is 0 Å². The molecule has 32 heavy (non-hydrogen) atoms. The molecule has 2 aromatic rings. The maximum absolute atomic E-state index is 13.3. The van der Waals surface area contributed by atoms with Crippen molar-refractivity contribution in [3.63, 3.8) is 0 Å². The van der Waals surface area contributed by atoms with Gasteiger partial charge in [-0.05, 0) is 41.7 Å². The topological polar surface area (TPSA) is 102 Å². The molecule has 0 unspecified atom stereocenters. The minimum atomic E-state index is -3.53. The number of aliphatic imine (C=N–C) groups is 1. The van der Waals surface area contributed by atoms with E-state index in [2.05, 4.69) is 18.8 Å². The van der Waals surface area contributed by atoms with Crippen molar-refractivity contribution in [2.24, 2.45) is 10.1 Å². The van der Waals surface area contributed by atoms with Crippen LogP contribution in [0.15, 0.2) is 59.2 Å². The summed E-state index contributed by atoms with van der Waals surface area (Å²) in [6, 6.07) is 15.2. The quantitative estimate of drug-likeness (QED) is 0.462. The molecule has 1 heterocycles. The van der Waals surface area contributed by atoms with Crippen molar-refractivity contribution in [2.45, 2.75) is 26.2 Å². The van der Waals surface area contributed by atoms with Crippen molar-refractivity contribution in [2.75, 3.05) is 23.5 Å². The number of rotatable bonds is 8. The van der Waals surface area contributed by atoms with Crippen LogP contribution in [0.5, 0.6) is 5.75 Å². The van der Waals surface area contributed by atoms with Gasteiger partial charge in [0.2, 0.25) is 10.0 Å². The molecule has 1 aliphatic heterocycles. The van der Waals surface area contributed by atoms with Gasteiger partial charge in [0.1, 0.15) is 11.4 Å². The highest BCUT2D eigenvalue weighted by molar-refractivity contribution is 8.14. The molecule has 170 valence electrons. The van der Waals surface area contributed by atoms with Crippen LogP contribution in [-0.4, -0.2) is 38.1 Å². The number of hydrogen-bond acceptors (Lipinski definition) is 6. The Morgan fingerprint density at radius 3 is 2.53 bits per heavy atom. The third-order valence-electron chi connectivity index (χ3n) is 4.85. The molecule has 2 N–H and O–H groups in total. The molecule has 7 nitrogen and oxygen atoms in total. The second kappa shape index (κ2) is 10.3. The minimum Gasteiger partial charge on any atom is -0.497 e. The van der Waals surface area contributed by atoms with E-state index in [1.54, 1.807) is 37.5 Å². The first-order valence-electron chi connectivity index (χ1n) is 10.2. The average Bonchev–Trinajstić information content (AvgIpc) is 3.06. The number of methoxy groups -OCH3 is 1. The van der Waals surface area contributed by atoms with Gasteiger partial charge in [-0.15, -0.1) is 0 Å². The number of carbonyl (C=O) groups excluding carboxylic acids is 1. The second-order valence-corrected chi connectivity index (χ2v) is 10.5. The maximum Gasteiger partial charge on any atom is 0.283 e. The first-order chi connectivity index (χ1) is 15.2. The van der Waals surface area contributed by atoms with Gasteiger partial charge in [-0.3, -0.25) is 9.69 Å². The minimum absolute atomic E-state index is 0.120. The number of benzene rings is 2. The van der Waals surface area contributed by atoms with Gasteiger partial charge < -0.3 is 4.74 Å². The number of amidine groups is 1. The van der Waals surface area contributed by atoms with Gasteiger partial charge in [0.25, 0.3) is 5.91 Å². The van der Waals surface area contributed by atoms with Crippen LogP contribution in [0.2, 0.25) is 0 Å². The van der Waals surface area contributed by atoms with E-state index >= 15 is 0 Å². The summed E-state index contributed by atoms with van der Waals surface area (Å²) in [5.41, 5.74) is 3.05. The molecular formula is C23H27N3O4S2. The van der Waals surface area contributed by atoms with E-state index in [0.717, 1.165) is 5.56 Å². The smallest absolute Gasteiger partial charge is 0.283 e. The van der Waals surface area contributed by atoms with E-state index in [-0.39, 0.29) is 11.7 Å². The summed E-state index contributed by atoms with van der Waals surface area (Å²) in [6.07, 6.45) is 2.12. The molecule has 9 heteroatoms. The molecule has 0 atom stereocenters. The van der Waals surface area contributed by atoms with Gasteiger partial charge in [0.15, 0.2) is 5.17 Å². The van der Waals surface area contributed by atoms with E-state index in [4.69, 9.17) is 9.88 Å². The molecule has 0 radical (unpaired) electrons. The number of amides is 1. The summed E-state index contributed by atoms with van der Waals surface area (Å²) in [5.74, 6) is 1.13. The number of anilines is 1. The average molecular weight is 474 g/mol. The van der Waals surface area contributed by atoms with Crippen LogP contribution >= 0.6 is 11.8 Å². The number of nitrogens with zero attached hydrogens (tertiary/aromatic N) is 2. The van der Waals surface area contributed by atoms with Gasteiger partial charge in [0, 0.05) is 11.8 Å². The molecule has 0 saturated heterocycles. The van der Waals surface area contributed by atoms with Crippen LogP contribution in [0.3, 0.4) is 0 Å². The summed E-state index contributed by atoms with van der Waals surface area (Å²) in [6.45, 7) is 4.26. The Hall–Kier alpha value is -2.62.